The van der Waals surface area contributed by atoms with Crippen molar-refractivity contribution in [2.75, 3.05) is 37.7 Å². The van der Waals surface area contributed by atoms with Crippen molar-refractivity contribution in [1.29, 1.82) is 0 Å². The fourth-order valence-corrected chi connectivity index (χ4v) is 3.24. The Morgan fingerprint density at radius 3 is 2.37 bits per heavy atom. The van der Waals surface area contributed by atoms with E-state index >= 15 is 0 Å². The number of thioether (sulfide) groups is 1. The second kappa shape index (κ2) is 11.6. The number of unbranched alkanes of at least 4 members (excludes halogenated alkanes) is 6. The predicted molar refractivity (Wildman–Crippen MR) is 84.8 cm³/mol. The number of rotatable bonds is 10. The first kappa shape index (κ1) is 16.8. The van der Waals surface area contributed by atoms with Crippen LogP contribution < -0.4 is 5.32 Å². The Kier molecular flexibility index (Phi) is 10.3. The zero-order valence-electron chi connectivity index (χ0n) is 12.5. The Labute approximate surface area is 122 Å². The summed E-state index contributed by atoms with van der Waals surface area (Å²) >= 11 is 1.81. The standard InChI is InChI=1S/C15H30N2OS/c1-2-3-4-5-6-7-8-13-19-14-15(18)17-11-9-16-10-12-17/h16H,2-14H2,1H3. The van der Waals surface area contributed by atoms with E-state index in [4.69, 9.17) is 0 Å². The summed E-state index contributed by atoms with van der Waals surface area (Å²) in [6.07, 6.45) is 9.46. The Balaban J connectivity index is 1.86. The first-order valence-corrected chi connectivity index (χ1v) is 9.06. The average molecular weight is 286 g/mol. The van der Waals surface area contributed by atoms with Crippen LogP contribution in [0.2, 0.25) is 0 Å². The maximum atomic E-state index is 11.9. The summed E-state index contributed by atoms with van der Waals surface area (Å²) in [6, 6.07) is 0. The smallest absolute Gasteiger partial charge is 0.232 e. The van der Waals surface area contributed by atoms with E-state index in [0.717, 1.165) is 31.9 Å². The normalized spacial score (nSPS) is 15.7. The van der Waals surface area contributed by atoms with Crippen LogP contribution in [0.4, 0.5) is 0 Å². The molecule has 1 heterocycles. The van der Waals surface area contributed by atoms with Gasteiger partial charge < -0.3 is 10.2 Å². The maximum absolute atomic E-state index is 11.9. The summed E-state index contributed by atoms with van der Waals surface area (Å²) < 4.78 is 0. The molecule has 0 aliphatic carbocycles. The second-order valence-electron chi connectivity index (χ2n) is 5.30. The van der Waals surface area contributed by atoms with E-state index in [1.54, 1.807) is 0 Å². The van der Waals surface area contributed by atoms with Crippen molar-refractivity contribution in [3.8, 4) is 0 Å². The molecule has 19 heavy (non-hydrogen) atoms. The molecule has 112 valence electrons. The van der Waals surface area contributed by atoms with Crippen molar-refractivity contribution in [2.45, 2.75) is 51.9 Å². The molecule has 0 saturated carbocycles. The van der Waals surface area contributed by atoms with Crippen LogP contribution in [-0.2, 0) is 4.79 Å². The summed E-state index contributed by atoms with van der Waals surface area (Å²) in [6.45, 7) is 5.93. The lowest BCUT2D eigenvalue weighted by Gasteiger charge is -2.27. The molecule has 0 unspecified atom stereocenters. The van der Waals surface area contributed by atoms with Gasteiger partial charge in [-0.1, -0.05) is 45.4 Å². The Morgan fingerprint density at radius 2 is 1.68 bits per heavy atom. The number of nitrogens with zero attached hydrogens (tertiary/aromatic N) is 1. The van der Waals surface area contributed by atoms with Gasteiger partial charge in [-0.3, -0.25) is 4.79 Å². The van der Waals surface area contributed by atoms with Gasteiger partial charge >= 0.3 is 0 Å². The van der Waals surface area contributed by atoms with E-state index in [-0.39, 0.29) is 0 Å². The van der Waals surface area contributed by atoms with Gasteiger partial charge in [0, 0.05) is 26.2 Å². The third-order valence-electron chi connectivity index (χ3n) is 3.59. The molecule has 1 fully saturated rings. The highest BCUT2D eigenvalue weighted by Gasteiger charge is 2.15. The average Bonchev–Trinajstić information content (AvgIpc) is 2.46. The molecule has 0 atom stereocenters. The molecule has 1 rings (SSSR count). The fourth-order valence-electron chi connectivity index (χ4n) is 2.33. The number of hydrogen-bond acceptors (Lipinski definition) is 3. The Morgan fingerprint density at radius 1 is 1.05 bits per heavy atom. The molecule has 0 radical (unpaired) electrons. The molecule has 1 aliphatic heterocycles. The molecule has 0 aromatic rings. The number of nitrogens with one attached hydrogen (secondary N) is 1. The fraction of sp³-hybridized carbons (Fsp3) is 0.933. The van der Waals surface area contributed by atoms with Crippen molar-refractivity contribution in [3.05, 3.63) is 0 Å². The molecular weight excluding hydrogens is 256 g/mol. The number of piperazine rings is 1. The van der Waals surface area contributed by atoms with Gasteiger partial charge in [-0.2, -0.15) is 11.8 Å². The van der Waals surface area contributed by atoms with Gasteiger partial charge in [0.25, 0.3) is 0 Å². The van der Waals surface area contributed by atoms with Crippen molar-refractivity contribution in [2.24, 2.45) is 0 Å². The van der Waals surface area contributed by atoms with Crippen LogP contribution in [0.1, 0.15) is 51.9 Å². The molecule has 1 N–H and O–H groups in total. The van der Waals surface area contributed by atoms with Gasteiger partial charge in [0.15, 0.2) is 0 Å². The summed E-state index contributed by atoms with van der Waals surface area (Å²) in [5.41, 5.74) is 0. The largest absolute Gasteiger partial charge is 0.339 e. The molecule has 3 nitrogen and oxygen atoms in total. The van der Waals surface area contributed by atoms with Crippen molar-refractivity contribution >= 4 is 17.7 Å². The molecular formula is C15H30N2OS. The molecule has 0 aromatic carbocycles. The van der Waals surface area contributed by atoms with Crippen LogP contribution in [0.15, 0.2) is 0 Å². The van der Waals surface area contributed by atoms with Gasteiger partial charge in [-0.25, -0.2) is 0 Å². The summed E-state index contributed by atoms with van der Waals surface area (Å²) in [5.74, 6) is 2.15. The monoisotopic (exact) mass is 286 g/mol. The minimum absolute atomic E-state index is 0.328. The molecule has 0 bridgehead atoms. The quantitative estimate of drug-likeness (QED) is 0.627. The summed E-state index contributed by atoms with van der Waals surface area (Å²) in [7, 11) is 0. The van der Waals surface area contributed by atoms with Gasteiger partial charge in [-0.15, -0.1) is 0 Å². The van der Waals surface area contributed by atoms with E-state index in [2.05, 4.69) is 12.2 Å². The SMILES string of the molecule is CCCCCCCCCSCC(=O)N1CCNCC1. The predicted octanol–water partition coefficient (Wildman–Crippen LogP) is 2.90. The minimum atomic E-state index is 0.328. The minimum Gasteiger partial charge on any atom is -0.339 e. The molecule has 4 heteroatoms. The molecule has 1 aliphatic rings. The lowest BCUT2D eigenvalue weighted by Crippen LogP contribution is -2.47. The third kappa shape index (κ3) is 8.53. The van der Waals surface area contributed by atoms with E-state index < -0.39 is 0 Å². The van der Waals surface area contributed by atoms with Crippen LogP contribution in [0.3, 0.4) is 0 Å². The lowest BCUT2D eigenvalue weighted by molar-refractivity contribution is -0.128. The zero-order valence-corrected chi connectivity index (χ0v) is 13.3. The molecule has 1 amide bonds. The van der Waals surface area contributed by atoms with Gasteiger partial charge in [0.05, 0.1) is 5.75 Å². The first-order valence-electron chi connectivity index (χ1n) is 7.91. The summed E-state index contributed by atoms with van der Waals surface area (Å²) in [5, 5.41) is 3.27. The van der Waals surface area contributed by atoms with Gasteiger partial charge in [-0.05, 0) is 12.2 Å². The van der Waals surface area contributed by atoms with E-state index in [1.165, 1.54) is 44.9 Å². The second-order valence-corrected chi connectivity index (χ2v) is 6.41. The third-order valence-corrected chi connectivity index (χ3v) is 4.62. The maximum Gasteiger partial charge on any atom is 0.232 e. The van der Waals surface area contributed by atoms with Gasteiger partial charge in [0.2, 0.25) is 5.91 Å². The highest BCUT2D eigenvalue weighted by Crippen LogP contribution is 2.11. The molecule has 0 spiro atoms. The van der Waals surface area contributed by atoms with Crippen molar-refractivity contribution in [1.82, 2.24) is 10.2 Å². The van der Waals surface area contributed by atoms with E-state index in [0.29, 0.717) is 11.7 Å². The number of carbonyl (C=O) groups excluding carboxylic acids is 1. The number of amides is 1. The first-order chi connectivity index (χ1) is 9.34. The number of carbonyl (C=O) groups is 1. The van der Waals surface area contributed by atoms with Crippen LogP contribution in [0.25, 0.3) is 0 Å². The highest BCUT2D eigenvalue weighted by atomic mass is 32.2. The Hall–Kier alpha value is -0.220. The topological polar surface area (TPSA) is 32.3 Å². The lowest BCUT2D eigenvalue weighted by atomic mass is 10.1. The Bertz CT molecular complexity index is 230. The van der Waals surface area contributed by atoms with Crippen LogP contribution >= 0.6 is 11.8 Å². The van der Waals surface area contributed by atoms with Crippen LogP contribution in [0.5, 0.6) is 0 Å². The van der Waals surface area contributed by atoms with E-state index in [1.807, 2.05) is 16.7 Å². The highest BCUT2D eigenvalue weighted by molar-refractivity contribution is 7.99. The van der Waals surface area contributed by atoms with Crippen molar-refractivity contribution < 1.29 is 4.79 Å². The van der Waals surface area contributed by atoms with Crippen LogP contribution in [-0.4, -0.2) is 48.5 Å². The molecule has 1 saturated heterocycles. The van der Waals surface area contributed by atoms with Crippen molar-refractivity contribution in [3.63, 3.8) is 0 Å². The van der Waals surface area contributed by atoms with E-state index in [9.17, 15) is 4.79 Å². The summed E-state index contributed by atoms with van der Waals surface area (Å²) in [4.78, 5) is 13.9. The molecule has 0 aromatic heterocycles. The van der Waals surface area contributed by atoms with Crippen LogP contribution in [0, 0.1) is 0 Å². The zero-order chi connectivity index (χ0) is 13.8. The van der Waals surface area contributed by atoms with Gasteiger partial charge in [0.1, 0.15) is 0 Å². The number of hydrogen-bond donors (Lipinski definition) is 1.